The Labute approximate surface area is 113 Å². The number of fused-ring (bicyclic) bond motifs is 1. The van der Waals surface area contributed by atoms with E-state index in [9.17, 15) is 0 Å². The van der Waals surface area contributed by atoms with Crippen LogP contribution in [0.15, 0.2) is 18.3 Å². The van der Waals surface area contributed by atoms with Crippen LogP contribution in [0, 0.1) is 5.92 Å². The Bertz CT molecular complexity index is 443. The molecule has 3 nitrogen and oxygen atoms in total. The molecule has 0 radical (unpaired) electrons. The van der Waals surface area contributed by atoms with Gasteiger partial charge in [-0.1, -0.05) is 25.1 Å². The molecule has 3 rings (SSSR count). The van der Waals surface area contributed by atoms with Gasteiger partial charge in [-0.15, -0.1) is 0 Å². The Balaban J connectivity index is 1.80. The molecule has 2 heterocycles. The van der Waals surface area contributed by atoms with E-state index in [0.717, 1.165) is 23.8 Å². The second-order valence-electron chi connectivity index (χ2n) is 5.36. The molecule has 1 aromatic heterocycles. The molecule has 96 valence electrons. The summed E-state index contributed by atoms with van der Waals surface area (Å²) in [5, 5.41) is 0. The predicted octanol–water partition coefficient (Wildman–Crippen LogP) is 2.48. The van der Waals surface area contributed by atoms with Gasteiger partial charge in [0, 0.05) is 24.3 Å². The fraction of sp³-hybridized carbons (Fsp3) is 0.571. The van der Waals surface area contributed by atoms with E-state index < -0.39 is 0 Å². The summed E-state index contributed by atoms with van der Waals surface area (Å²) < 4.78 is 0. The Morgan fingerprint density at radius 2 is 2.11 bits per heavy atom. The van der Waals surface area contributed by atoms with Crippen LogP contribution in [0.5, 0.6) is 0 Å². The molecule has 1 aliphatic heterocycles. The van der Waals surface area contributed by atoms with Gasteiger partial charge in [0.05, 0.1) is 0 Å². The molecule has 2 N–H and O–H groups in total. The zero-order valence-electron chi connectivity index (χ0n) is 10.5. The van der Waals surface area contributed by atoms with Crippen molar-refractivity contribution in [3.63, 3.8) is 0 Å². The number of nitrogens with zero attached hydrogens (tertiary/aromatic N) is 2. The summed E-state index contributed by atoms with van der Waals surface area (Å²) in [5.41, 5.74) is 6.46. The third kappa shape index (κ3) is 2.09. The fourth-order valence-corrected chi connectivity index (χ4v) is 3.51. The standard InChI is InChI=1S/C14H19N3S/c15-14(18)11-5-6-13(16-9-11)17-8-7-10-3-1-2-4-12(10)17/h5-6,9-10,12H,1-4,7-8H2,(H2,15,18). The molecule has 0 bridgehead atoms. The number of anilines is 1. The van der Waals surface area contributed by atoms with Crippen LogP contribution in [-0.4, -0.2) is 22.6 Å². The molecule has 2 aliphatic rings. The third-order valence-corrected chi connectivity index (χ3v) is 4.57. The maximum Gasteiger partial charge on any atom is 0.128 e. The second kappa shape index (κ2) is 4.84. The van der Waals surface area contributed by atoms with E-state index in [1.165, 1.54) is 32.1 Å². The van der Waals surface area contributed by atoms with Gasteiger partial charge < -0.3 is 10.6 Å². The lowest BCUT2D eigenvalue weighted by Crippen LogP contribution is -2.35. The Hall–Kier alpha value is -1.16. The third-order valence-electron chi connectivity index (χ3n) is 4.34. The monoisotopic (exact) mass is 261 g/mol. The van der Waals surface area contributed by atoms with Crippen molar-refractivity contribution in [2.45, 2.75) is 38.1 Å². The van der Waals surface area contributed by atoms with E-state index in [1.54, 1.807) is 6.20 Å². The first-order valence-electron chi connectivity index (χ1n) is 6.78. The average molecular weight is 261 g/mol. The molecule has 0 aromatic carbocycles. The smallest absolute Gasteiger partial charge is 0.128 e. The zero-order valence-corrected chi connectivity index (χ0v) is 11.3. The maximum absolute atomic E-state index is 5.60. The molecular weight excluding hydrogens is 242 g/mol. The van der Waals surface area contributed by atoms with Gasteiger partial charge in [0.15, 0.2) is 0 Å². The quantitative estimate of drug-likeness (QED) is 0.831. The Morgan fingerprint density at radius 1 is 1.28 bits per heavy atom. The molecule has 1 aromatic rings. The first-order chi connectivity index (χ1) is 8.75. The molecule has 1 saturated heterocycles. The summed E-state index contributed by atoms with van der Waals surface area (Å²) in [5.74, 6) is 1.97. The number of hydrogen-bond acceptors (Lipinski definition) is 3. The molecule has 0 amide bonds. The lowest BCUT2D eigenvalue weighted by atomic mass is 9.85. The van der Waals surface area contributed by atoms with Crippen molar-refractivity contribution in [2.24, 2.45) is 11.7 Å². The highest BCUT2D eigenvalue weighted by Crippen LogP contribution is 2.38. The van der Waals surface area contributed by atoms with Crippen LogP contribution in [-0.2, 0) is 0 Å². The minimum Gasteiger partial charge on any atom is -0.389 e. The normalized spacial score (nSPS) is 27.0. The van der Waals surface area contributed by atoms with E-state index in [1.807, 2.05) is 6.07 Å². The van der Waals surface area contributed by atoms with Gasteiger partial charge in [-0.25, -0.2) is 4.98 Å². The van der Waals surface area contributed by atoms with Gasteiger partial charge in [0.1, 0.15) is 10.8 Å². The van der Waals surface area contributed by atoms with Gasteiger partial charge in [0.2, 0.25) is 0 Å². The summed E-state index contributed by atoms with van der Waals surface area (Å²) in [6, 6.07) is 4.76. The van der Waals surface area contributed by atoms with Crippen molar-refractivity contribution in [2.75, 3.05) is 11.4 Å². The molecule has 2 unspecified atom stereocenters. The van der Waals surface area contributed by atoms with Gasteiger partial charge in [-0.05, 0) is 37.3 Å². The molecule has 4 heteroatoms. The molecule has 2 fully saturated rings. The van der Waals surface area contributed by atoms with Crippen LogP contribution in [0.2, 0.25) is 0 Å². The number of hydrogen-bond donors (Lipinski definition) is 1. The molecular formula is C14H19N3S. The van der Waals surface area contributed by atoms with Crippen molar-refractivity contribution >= 4 is 23.0 Å². The summed E-state index contributed by atoms with van der Waals surface area (Å²) in [6.07, 6.45) is 8.61. The van der Waals surface area contributed by atoms with Gasteiger partial charge >= 0.3 is 0 Å². The molecule has 1 saturated carbocycles. The highest BCUT2D eigenvalue weighted by molar-refractivity contribution is 7.80. The van der Waals surface area contributed by atoms with Crippen LogP contribution in [0.3, 0.4) is 0 Å². The number of aromatic nitrogens is 1. The SMILES string of the molecule is NC(=S)c1ccc(N2CCC3CCCCC32)nc1. The minimum absolute atomic E-state index is 0.422. The topological polar surface area (TPSA) is 42.1 Å². The summed E-state index contributed by atoms with van der Waals surface area (Å²) in [4.78, 5) is 7.43. The van der Waals surface area contributed by atoms with Gasteiger partial charge in [-0.3, -0.25) is 0 Å². The lowest BCUT2D eigenvalue weighted by Gasteiger charge is -2.32. The van der Waals surface area contributed by atoms with Crippen LogP contribution < -0.4 is 10.6 Å². The van der Waals surface area contributed by atoms with E-state index in [0.29, 0.717) is 11.0 Å². The summed E-state index contributed by atoms with van der Waals surface area (Å²) in [6.45, 7) is 1.15. The highest BCUT2D eigenvalue weighted by Gasteiger charge is 2.36. The minimum atomic E-state index is 0.422. The van der Waals surface area contributed by atoms with Crippen LogP contribution in [0.1, 0.15) is 37.7 Å². The van der Waals surface area contributed by atoms with Crippen LogP contribution in [0.25, 0.3) is 0 Å². The molecule has 0 spiro atoms. The number of nitrogens with two attached hydrogens (primary N) is 1. The maximum atomic E-state index is 5.60. The molecule has 18 heavy (non-hydrogen) atoms. The van der Waals surface area contributed by atoms with Crippen LogP contribution in [0.4, 0.5) is 5.82 Å². The van der Waals surface area contributed by atoms with Crippen molar-refractivity contribution in [3.05, 3.63) is 23.9 Å². The molecule has 2 atom stereocenters. The Kier molecular flexibility index (Phi) is 3.20. The zero-order chi connectivity index (χ0) is 12.5. The number of pyridine rings is 1. The van der Waals surface area contributed by atoms with Crippen molar-refractivity contribution < 1.29 is 0 Å². The summed E-state index contributed by atoms with van der Waals surface area (Å²) >= 11 is 4.96. The lowest BCUT2D eigenvalue weighted by molar-refractivity contribution is 0.341. The first-order valence-corrected chi connectivity index (χ1v) is 7.19. The predicted molar refractivity (Wildman–Crippen MR) is 77.8 cm³/mol. The largest absolute Gasteiger partial charge is 0.389 e. The fourth-order valence-electron chi connectivity index (χ4n) is 3.39. The van der Waals surface area contributed by atoms with Crippen molar-refractivity contribution in [1.82, 2.24) is 4.98 Å². The summed E-state index contributed by atoms with van der Waals surface area (Å²) in [7, 11) is 0. The van der Waals surface area contributed by atoms with Gasteiger partial charge in [-0.2, -0.15) is 0 Å². The molecule has 1 aliphatic carbocycles. The number of rotatable bonds is 2. The van der Waals surface area contributed by atoms with Gasteiger partial charge in [0.25, 0.3) is 0 Å². The van der Waals surface area contributed by atoms with Crippen molar-refractivity contribution in [1.29, 1.82) is 0 Å². The van der Waals surface area contributed by atoms with E-state index >= 15 is 0 Å². The average Bonchev–Trinajstić information content (AvgIpc) is 2.82. The van der Waals surface area contributed by atoms with E-state index in [4.69, 9.17) is 18.0 Å². The first kappa shape index (κ1) is 11.9. The Morgan fingerprint density at radius 3 is 2.83 bits per heavy atom. The van der Waals surface area contributed by atoms with Crippen molar-refractivity contribution in [3.8, 4) is 0 Å². The highest BCUT2D eigenvalue weighted by atomic mass is 32.1. The van der Waals surface area contributed by atoms with E-state index in [2.05, 4.69) is 16.0 Å². The van der Waals surface area contributed by atoms with E-state index in [-0.39, 0.29) is 0 Å². The van der Waals surface area contributed by atoms with Crippen LogP contribution >= 0.6 is 12.2 Å². The second-order valence-corrected chi connectivity index (χ2v) is 5.80. The number of thiocarbonyl (C=S) groups is 1.